The molecule has 0 atom stereocenters. The molecule has 2 N–H and O–H groups in total. The standard InChI is InChI=1S/C23H20N2O5/c1-29-23(28)17-11-5-7-13-19(17)25-21(26)15-30-20-14-8-6-12-18(20)22(27)24-16-9-3-2-4-10-16/h2-14H,15H2,1H3,(H,24,27)(H,25,26). The molecule has 0 aliphatic heterocycles. The number of nitrogens with one attached hydrogen (secondary N) is 2. The van der Waals surface area contributed by atoms with Gasteiger partial charge in [0.25, 0.3) is 11.8 Å². The quantitative estimate of drug-likeness (QED) is 0.585. The highest BCUT2D eigenvalue weighted by molar-refractivity contribution is 6.06. The molecule has 7 nitrogen and oxygen atoms in total. The first kappa shape index (κ1) is 20.6. The lowest BCUT2D eigenvalue weighted by Crippen LogP contribution is -2.23. The van der Waals surface area contributed by atoms with Crippen LogP contribution < -0.4 is 15.4 Å². The van der Waals surface area contributed by atoms with Crippen molar-refractivity contribution >= 4 is 29.2 Å². The van der Waals surface area contributed by atoms with Crippen LogP contribution in [0.2, 0.25) is 0 Å². The van der Waals surface area contributed by atoms with Crippen molar-refractivity contribution in [1.29, 1.82) is 0 Å². The first-order valence-electron chi connectivity index (χ1n) is 9.14. The molecule has 0 fully saturated rings. The summed E-state index contributed by atoms with van der Waals surface area (Å²) in [4.78, 5) is 36.7. The molecule has 30 heavy (non-hydrogen) atoms. The minimum Gasteiger partial charge on any atom is -0.483 e. The van der Waals surface area contributed by atoms with Crippen LogP contribution in [0, 0.1) is 0 Å². The zero-order valence-electron chi connectivity index (χ0n) is 16.3. The van der Waals surface area contributed by atoms with E-state index < -0.39 is 11.9 Å². The van der Waals surface area contributed by atoms with Gasteiger partial charge in [-0.3, -0.25) is 9.59 Å². The molecule has 7 heteroatoms. The maximum atomic E-state index is 12.6. The fourth-order valence-corrected chi connectivity index (χ4v) is 2.71. The van der Waals surface area contributed by atoms with Gasteiger partial charge in [-0.1, -0.05) is 42.5 Å². The summed E-state index contributed by atoms with van der Waals surface area (Å²) in [6.07, 6.45) is 0. The minimum atomic E-state index is -0.560. The normalized spacial score (nSPS) is 10.0. The average molecular weight is 404 g/mol. The summed E-state index contributed by atoms with van der Waals surface area (Å²) < 4.78 is 10.3. The van der Waals surface area contributed by atoms with E-state index in [0.717, 1.165) is 0 Å². The van der Waals surface area contributed by atoms with E-state index in [2.05, 4.69) is 10.6 Å². The van der Waals surface area contributed by atoms with Crippen LogP contribution in [0.1, 0.15) is 20.7 Å². The number of anilines is 2. The minimum absolute atomic E-state index is 0.232. The van der Waals surface area contributed by atoms with Crippen LogP contribution in [-0.4, -0.2) is 31.5 Å². The van der Waals surface area contributed by atoms with Gasteiger partial charge in [0, 0.05) is 5.69 Å². The Bertz CT molecular complexity index is 1050. The summed E-state index contributed by atoms with van der Waals surface area (Å²) in [5, 5.41) is 5.40. The first-order valence-corrected chi connectivity index (χ1v) is 9.14. The third-order valence-corrected chi connectivity index (χ3v) is 4.13. The van der Waals surface area contributed by atoms with Crippen LogP contribution in [0.25, 0.3) is 0 Å². The van der Waals surface area contributed by atoms with E-state index in [0.29, 0.717) is 16.9 Å². The Morgan fingerprint density at radius 3 is 2.13 bits per heavy atom. The van der Waals surface area contributed by atoms with Crippen LogP contribution in [0.3, 0.4) is 0 Å². The Morgan fingerprint density at radius 1 is 0.767 bits per heavy atom. The van der Waals surface area contributed by atoms with Crippen molar-refractivity contribution in [1.82, 2.24) is 0 Å². The Labute approximate surface area is 173 Å². The Kier molecular flexibility index (Phi) is 6.78. The van der Waals surface area contributed by atoms with Crippen molar-refractivity contribution in [3.8, 4) is 5.75 Å². The number of carbonyl (C=O) groups excluding carboxylic acids is 3. The number of para-hydroxylation sites is 3. The van der Waals surface area contributed by atoms with Crippen LogP contribution in [-0.2, 0) is 9.53 Å². The van der Waals surface area contributed by atoms with Crippen molar-refractivity contribution in [3.05, 3.63) is 90.0 Å². The second kappa shape index (κ2) is 9.88. The predicted octanol–water partition coefficient (Wildman–Crippen LogP) is 3.74. The highest BCUT2D eigenvalue weighted by atomic mass is 16.5. The molecule has 3 aromatic carbocycles. The van der Waals surface area contributed by atoms with Crippen LogP contribution >= 0.6 is 0 Å². The Balaban J connectivity index is 1.66. The summed E-state index contributed by atoms with van der Waals surface area (Å²) in [5.74, 6) is -1.13. The van der Waals surface area contributed by atoms with Gasteiger partial charge in [-0.15, -0.1) is 0 Å². The second-order valence-corrected chi connectivity index (χ2v) is 6.19. The van der Waals surface area contributed by atoms with Gasteiger partial charge in [-0.2, -0.15) is 0 Å². The molecule has 3 rings (SSSR count). The molecular weight excluding hydrogens is 384 g/mol. The zero-order valence-corrected chi connectivity index (χ0v) is 16.3. The summed E-state index contributed by atoms with van der Waals surface area (Å²) in [6.45, 7) is -0.342. The molecule has 0 bridgehead atoms. The van der Waals surface area contributed by atoms with Gasteiger partial charge in [-0.05, 0) is 36.4 Å². The van der Waals surface area contributed by atoms with Gasteiger partial charge in [0.15, 0.2) is 6.61 Å². The predicted molar refractivity (Wildman–Crippen MR) is 113 cm³/mol. The molecule has 0 aliphatic rings. The van der Waals surface area contributed by atoms with Crippen molar-refractivity contribution in [3.63, 3.8) is 0 Å². The van der Waals surface area contributed by atoms with Gasteiger partial charge < -0.3 is 20.1 Å². The highest BCUT2D eigenvalue weighted by Crippen LogP contribution is 2.20. The molecule has 0 aliphatic carbocycles. The topological polar surface area (TPSA) is 93.7 Å². The molecule has 0 saturated carbocycles. The van der Waals surface area contributed by atoms with Gasteiger partial charge in [0.05, 0.1) is 23.9 Å². The number of rotatable bonds is 7. The van der Waals surface area contributed by atoms with Gasteiger partial charge in [0.2, 0.25) is 0 Å². The number of carbonyl (C=O) groups is 3. The molecule has 0 heterocycles. The molecule has 0 radical (unpaired) electrons. The zero-order chi connectivity index (χ0) is 21.3. The van der Waals surface area contributed by atoms with Gasteiger partial charge in [-0.25, -0.2) is 4.79 Å². The number of hydrogen-bond acceptors (Lipinski definition) is 5. The number of benzene rings is 3. The number of hydrogen-bond donors (Lipinski definition) is 2. The molecule has 3 aromatic rings. The molecular formula is C23H20N2O5. The van der Waals surface area contributed by atoms with Crippen LogP contribution in [0.15, 0.2) is 78.9 Å². The monoisotopic (exact) mass is 404 g/mol. The summed E-state index contributed by atoms with van der Waals surface area (Å²) >= 11 is 0. The number of methoxy groups -OCH3 is 1. The van der Waals surface area contributed by atoms with Gasteiger partial charge >= 0.3 is 5.97 Å². The molecule has 0 saturated heterocycles. The molecule has 0 spiro atoms. The maximum absolute atomic E-state index is 12.6. The number of amides is 2. The molecule has 152 valence electrons. The SMILES string of the molecule is COC(=O)c1ccccc1NC(=O)COc1ccccc1C(=O)Nc1ccccc1. The summed E-state index contributed by atoms with van der Waals surface area (Å²) in [5.41, 5.74) is 1.49. The summed E-state index contributed by atoms with van der Waals surface area (Å²) in [7, 11) is 1.27. The molecule has 2 amide bonds. The van der Waals surface area contributed by atoms with E-state index >= 15 is 0 Å². The van der Waals surface area contributed by atoms with E-state index in [9.17, 15) is 14.4 Å². The molecule has 0 aromatic heterocycles. The third kappa shape index (κ3) is 5.23. The van der Waals surface area contributed by atoms with E-state index in [-0.39, 0.29) is 23.8 Å². The fraction of sp³-hybridized carbons (Fsp3) is 0.0870. The van der Waals surface area contributed by atoms with E-state index in [1.54, 1.807) is 60.7 Å². The lowest BCUT2D eigenvalue weighted by atomic mass is 10.1. The lowest BCUT2D eigenvalue weighted by molar-refractivity contribution is -0.118. The molecule has 0 unspecified atom stereocenters. The number of ether oxygens (including phenoxy) is 2. The van der Waals surface area contributed by atoms with Gasteiger partial charge in [0.1, 0.15) is 5.75 Å². The van der Waals surface area contributed by atoms with Crippen molar-refractivity contribution in [2.24, 2.45) is 0 Å². The van der Waals surface area contributed by atoms with Crippen molar-refractivity contribution < 1.29 is 23.9 Å². The lowest BCUT2D eigenvalue weighted by Gasteiger charge is -2.13. The smallest absolute Gasteiger partial charge is 0.339 e. The Morgan fingerprint density at radius 2 is 1.40 bits per heavy atom. The van der Waals surface area contributed by atoms with Crippen LogP contribution in [0.4, 0.5) is 11.4 Å². The van der Waals surface area contributed by atoms with Crippen molar-refractivity contribution in [2.45, 2.75) is 0 Å². The third-order valence-electron chi connectivity index (χ3n) is 4.13. The van der Waals surface area contributed by atoms with E-state index in [4.69, 9.17) is 9.47 Å². The van der Waals surface area contributed by atoms with Crippen molar-refractivity contribution in [2.75, 3.05) is 24.4 Å². The van der Waals surface area contributed by atoms with Crippen LogP contribution in [0.5, 0.6) is 5.75 Å². The average Bonchev–Trinajstić information content (AvgIpc) is 2.78. The largest absolute Gasteiger partial charge is 0.483 e. The van der Waals surface area contributed by atoms with E-state index in [1.807, 2.05) is 18.2 Å². The fourth-order valence-electron chi connectivity index (χ4n) is 2.71. The number of esters is 1. The highest BCUT2D eigenvalue weighted by Gasteiger charge is 2.16. The van der Waals surface area contributed by atoms with E-state index in [1.165, 1.54) is 7.11 Å². The first-order chi connectivity index (χ1) is 14.6. The maximum Gasteiger partial charge on any atom is 0.339 e. The summed E-state index contributed by atoms with van der Waals surface area (Å²) in [6, 6.07) is 22.1. The Hall–Kier alpha value is -4.13. The second-order valence-electron chi connectivity index (χ2n) is 6.19.